The zero-order valence-corrected chi connectivity index (χ0v) is 12.7. The summed E-state index contributed by atoms with van der Waals surface area (Å²) >= 11 is 0. The molecule has 0 bridgehead atoms. The van der Waals surface area contributed by atoms with E-state index in [0.717, 1.165) is 11.3 Å². The van der Waals surface area contributed by atoms with Gasteiger partial charge in [0.25, 0.3) is 0 Å². The molecule has 5 heteroatoms. The van der Waals surface area contributed by atoms with Crippen LogP contribution in [0.25, 0.3) is 0 Å². The van der Waals surface area contributed by atoms with Crippen LogP contribution in [0.3, 0.4) is 0 Å². The monoisotopic (exact) mass is 309 g/mol. The number of nitrogens with zero attached hydrogens (tertiary/aromatic N) is 1. The number of aromatic nitrogens is 1. The smallest absolute Gasteiger partial charge is 0.387 e. The first kappa shape index (κ1) is 16.3. The SMILES string of the molecule is CC(C)(C)c1ccnc(Cc2ccc(OC(F)F)c(F)c2)c1. The summed E-state index contributed by atoms with van der Waals surface area (Å²) in [6, 6.07) is 7.89. The van der Waals surface area contributed by atoms with Gasteiger partial charge < -0.3 is 4.74 Å². The first-order chi connectivity index (χ1) is 10.3. The van der Waals surface area contributed by atoms with Crippen LogP contribution in [0.5, 0.6) is 5.75 Å². The largest absolute Gasteiger partial charge is 0.432 e. The number of pyridine rings is 1. The molecule has 0 radical (unpaired) electrons. The van der Waals surface area contributed by atoms with Crippen molar-refractivity contribution >= 4 is 0 Å². The van der Waals surface area contributed by atoms with Gasteiger partial charge in [-0.3, -0.25) is 4.98 Å². The molecule has 2 aromatic rings. The van der Waals surface area contributed by atoms with E-state index in [1.807, 2.05) is 12.1 Å². The molecule has 22 heavy (non-hydrogen) atoms. The average Bonchev–Trinajstić information content (AvgIpc) is 2.41. The summed E-state index contributed by atoms with van der Waals surface area (Å²) in [6.07, 6.45) is 2.15. The fourth-order valence-corrected chi connectivity index (χ4v) is 2.10. The standard InChI is InChI=1S/C17H18F3NO/c1-17(2,3)12-6-7-21-13(10-12)8-11-4-5-15(14(18)9-11)22-16(19)20/h4-7,9-10,16H,8H2,1-3H3. The molecule has 0 atom stereocenters. The summed E-state index contributed by atoms with van der Waals surface area (Å²) in [5.74, 6) is -1.25. The Morgan fingerprint density at radius 1 is 1.14 bits per heavy atom. The molecule has 2 nitrogen and oxygen atoms in total. The molecule has 0 aliphatic carbocycles. The van der Waals surface area contributed by atoms with E-state index in [1.165, 1.54) is 12.1 Å². The van der Waals surface area contributed by atoms with Crippen LogP contribution >= 0.6 is 0 Å². The first-order valence-electron chi connectivity index (χ1n) is 6.94. The zero-order chi connectivity index (χ0) is 16.3. The Morgan fingerprint density at radius 3 is 2.45 bits per heavy atom. The van der Waals surface area contributed by atoms with Gasteiger partial charge in [-0.1, -0.05) is 26.8 Å². The van der Waals surface area contributed by atoms with Gasteiger partial charge in [-0.15, -0.1) is 0 Å². The second kappa shape index (κ2) is 6.38. The van der Waals surface area contributed by atoms with Crippen molar-refractivity contribution in [3.05, 3.63) is 59.2 Å². The molecule has 0 aliphatic rings. The Kier molecular flexibility index (Phi) is 4.74. The summed E-state index contributed by atoms with van der Waals surface area (Å²) < 4.78 is 42.0. The lowest BCUT2D eigenvalue weighted by atomic mass is 9.87. The minimum Gasteiger partial charge on any atom is -0.432 e. The molecule has 0 amide bonds. The Balaban J connectivity index is 2.19. The van der Waals surface area contributed by atoms with E-state index >= 15 is 0 Å². The van der Waals surface area contributed by atoms with Gasteiger partial charge in [-0.25, -0.2) is 4.39 Å². The highest BCUT2D eigenvalue weighted by molar-refractivity contribution is 5.33. The van der Waals surface area contributed by atoms with Crippen LogP contribution in [-0.4, -0.2) is 11.6 Å². The molecule has 1 heterocycles. The maximum Gasteiger partial charge on any atom is 0.387 e. The Morgan fingerprint density at radius 2 is 1.86 bits per heavy atom. The number of rotatable bonds is 4. The van der Waals surface area contributed by atoms with Crippen LogP contribution in [0.2, 0.25) is 0 Å². The van der Waals surface area contributed by atoms with Gasteiger partial charge >= 0.3 is 6.61 Å². The summed E-state index contributed by atoms with van der Waals surface area (Å²) in [6.45, 7) is 3.26. The highest BCUT2D eigenvalue weighted by Crippen LogP contribution is 2.24. The lowest BCUT2D eigenvalue weighted by Gasteiger charge is -2.19. The first-order valence-corrected chi connectivity index (χ1v) is 6.94. The zero-order valence-electron chi connectivity index (χ0n) is 12.7. The Labute approximate surface area is 128 Å². The molecule has 0 aliphatic heterocycles. The van der Waals surface area contributed by atoms with Crippen molar-refractivity contribution in [1.82, 2.24) is 4.98 Å². The molecule has 0 saturated carbocycles. The number of ether oxygens (including phenoxy) is 1. The highest BCUT2D eigenvalue weighted by Gasteiger charge is 2.15. The third-order valence-electron chi connectivity index (χ3n) is 3.28. The molecule has 118 valence electrons. The lowest BCUT2D eigenvalue weighted by molar-refractivity contribution is -0.0522. The van der Waals surface area contributed by atoms with E-state index in [1.54, 1.807) is 12.3 Å². The van der Waals surface area contributed by atoms with Crippen molar-refractivity contribution in [2.75, 3.05) is 0 Å². The number of alkyl halides is 2. The van der Waals surface area contributed by atoms with Crippen molar-refractivity contribution in [1.29, 1.82) is 0 Å². The van der Waals surface area contributed by atoms with Crippen molar-refractivity contribution in [3.8, 4) is 5.75 Å². The van der Waals surface area contributed by atoms with E-state index in [-0.39, 0.29) is 5.41 Å². The molecule has 0 unspecified atom stereocenters. The molecular weight excluding hydrogens is 291 g/mol. The van der Waals surface area contributed by atoms with Crippen LogP contribution in [0.4, 0.5) is 13.2 Å². The minimum absolute atomic E-state index is 0.00208. The molecular formula is C17H18F3NO. The van der Waals surface area contributed by atoms with Crippen LogP contribution in [0, 0.1) is 5.82 Å². The van der Waals surface area contributed by atoms with Gasteiger partial charge in [0, 0.05) is 18.3 Å². The van der Waals surface area contributed by atoms with Gasteiger partial charge in [-0.2, -0.15) is 8.78 Å². The van der Waals surface area contributed by atoms with Crippen molar-refractivity contribution in [3.63, 3.8) is 0 Å². The summed E-state index contributed by atoms with van der Waals surface area (Å²) in [7, 11) is 0. The predicted molar refractivity (Wildman–Crippen MR) is 78.8 cm³/mol. The van der Waals surface area contributed by atoms with Crippen molar-refractivity contribution in [2.24, 2.45) is 0 Å². The molecule has 2 rings (SSSR count). The number of hydrogen-bond donors (Lipinski definition) is 0. The number of halogens is 3. The van der Waals surface area contributed by atoms with Gasteiger partial charge in [0.1, 0.15) is 0 Å². The lowest BCUT2D eigenvalue weighted by Crippen LogP contribution is -2.12. The minimum atomic E-state index is -3.04. The Bertz CT molecular complexity index is 651. The summed E-state index contributed by atoms with van der Waals surface area (Å²) in [5.41, 5.74) is 2.58. The molecule has 1 aromatic carbocycles. The third-order valence-corrected chi connectivity index (χ3v) is 3.28. The maximum atomic E-state index is 13.7. The van der Waals surface area contributed by atoms with Gasteiger partial charge in [0.15, 0.2) is 11.6 Å². The average molecular weight is 309 g/mol. The van der Waals surface area contributed by atoms with E-state index in [9.17, 15) is 13.2 Å². The second-order valence-electron chi connectivity index (χ2n) is 6.11. The third kappa shape index (κ3) is 4.23. The molecule has 0 spiro atoms. The van der Waals surface area contributed by atoms with Crippen molar-refractivity contribution in [2.45, 2.75) is 39.2 Å². The maximum absolute atomic E-state index is 13.7. The summed E-state index contributed by atoms with van der Waals surface area (Å²) in [4.78, 5) is 4.27. The second-order valence-corrected chi connectivity index (χ2v) is 6.11. The van der Waals surface area contributed by atoms with Gasteiger partial charge in [-0.05, 0) is 40.8 Å². The molecule has 0 saturated heterocycles. The topological polar surface area (TPSA) is 22.1 Å². The quantitative estimate of drug-likeness (QED) is 0.816. The van der Waals surface area contributed by atoms with Crippen LogP contribution in [0.1, 0.15) is 37.6 Å². The van der Waals surface area contributed by atoms with Crippen molar-refractivity contribution < 1.29 is 17.9 Å². The van der Waals surface area contributed by atoms with E-state index in [0.29, 0.717) is 12.0 Å². The summed E-state index contributed by atoms with van der Waals surface area (Å²) in [5, 5.41) is 0. The predicted octanol–water partition coefficient (Wildman–Crippen LogP) is 4.71. The number of benzene rings is 1. The fraction of sp³-hybridized carbons (Fsp3) is 0.353. The number of hydrogen-bond acceptors (Lipinski definition) is 2. The molecule has 1 aromatic heterocycles. The van der Waals surface area contributed by atoms with Crippen LogP contribution in [-0.2, 0) is 11.8 Å². The van der Waals surface area contributed by atoms with Gasteiger partial charge in [0.2, 0.25) is 0 Å². The normalized spacial score (nSPS) is 11.8. The highest BCUT2D eigenvalue weighted by atomic mass is 19.3. The van der Waals surface area contributed by atoms with E-state index < -0.39 is 18.2 Å². The Hall–Kier alpha value is -2.04. The molecule has 0 fully saturated rings. The van der Waals surface area contributed by atoms with Crippen LogP contribution < -0.4 is 4.74 Å². The molecule has 0 N–H and O–H groups in total. The van der Waals surface area contributed by atoms with E-state index in [2.05, 4.69) is 30.5 Å². The van der Waals surface area contributed by atoms with Crippen LogP contribution in [0.15, 0.2) is 36.5 Å². The fourth-order valence-electron chi connectivity index (χ4n) is 2.10. The van der Waals surface area contributed by atoms with Gasteiger partial charge in [0.05, 0.1) is 0 Å². The van der Waals surface area contributed by atoms with E-state index in [4.69, 9.17) is 0 Å².